The molecule has 0 spiro atoms. The lowest BCUT2D eigenvalue weighted by Gasteiger charge is -2.35. The minimum absolute atomic E-state index is 0.0297. The second-order valence-corrected chi connectivity index (χ2v) is 20.5. The van der Waals surface area contributed by atoms with Crippen molar-refractivity contribution in [2.24, 2.45) is 0 Å². The van der Waals surface area contributed by atoms with Crippen LogP contribution < -0.4 is 15.4 Å². The summed E-state index contributed by atoms with van der Waals surface area (Å²) in [6.07, 6.45) is 5.33. The van der Waals surface area contributed by atoms with Gasteiger partial charge >= 0.3 is 12.1 Å². The molecule has 3 aromatic rings. The summed E-state index contributed by atoms with van der Waals surface area (Å²) in [6.45, 7) is 14.9. The zero-order valence-electron chi connectivity index (χ0n) is 29.1. The predicted molar refractivity (Wildman–Crippen MR) is 184 cm³/mol. The fraction of sp³-hybridized carbons (Fsp3) is 0.543. The summed E-state index contributed by atoms with van der Waals surface area (Å²) in [4.78, 5) is 43.0. The van der Waals surface area contributed by atoms with Crippen molar-refractivity contribution in [2.45, 2.75) is 116 Å². The van der Waals surface area contributed by atoms with E-state index in [1.807, 2.05) is 17.7 Å². The Morgan fingerprint density at radius 1 is 1.10 bits per heavy atom. The Kier molecular flexibility index (Phi) is 11.6. The highest BCUT2D eigenvalue weighted by Crippen LogP contribution is 2.34. The van der Waals surface area contributed by atoms with E-state index in [0.29, 0.717) is 43.1 Å². The van der Waals surface area contributed by atoms with Crippen LogP contribution in [0.3, 0.4) is 0 Å². The Balaban J connectivity index is 1.53. The summed E-state index contributed by atoms with van der Waals surface area (Å²) in [7, 11) is -1.22. The molecule has 2 aromatic heterocycles. The van der Waals surface area contributed by atoms with Gasteiger partial charge in [-0.05, 0) is 75.9 Å². The number of carbonyl (C=O) groups is 3. The number of carbonyl (C=O) groups excluding carboxylic acids is 2. The number of hydrogen-bond donors (Lipinski definition) is 3. The number of ether oxygens (including phenoxy) is 3. The van der Waals surface area contributed by atoms with Gasteiger partial charge in [0.05, 0.1) is 5.39 Å². The zero-order valence-corrected chi connectivity index (χ0v) is 30.1. The summed E-state index contributed by atoms with van der Waals surface area (Å²) >= 11 is 0. The van der Waals surface area contributed by atoms with Gasteiger partial charge in [0.2, 0.25) is 5.91 Å². The van der Waals surface area contributed by atoms with Crippen molar-refractivity contribution < 1.29 is 38.1 Å². The zero-order chi connectivity index (χ0) is 35.3. The first-order chi connectivity index (χ1) is 22.5. The number of aliphatic carboxylic acids is 1. The lowest BCUT2D eigenvalue weighted by atomic mass is 9.81. The fourth-order valence-corrected chi connectivity index (χ4v) is 6.50. The number of rotatable bonds is 13. The molecule has 0 saturated heterocycles. The van der Waals surface area contributed by atoms with Gasteiger partial charge in [0.15, 0.2) is 11.6 Å². The van der Waals surface area contributed by atoms with E-state index in [9.17, 15) is 19.5 Å². The van der Waals surface area contributed by atoms with Crippen molar-refractivity contribution in [3.05, 3.63) is 53.6 Å². The monoisotopic (exact) mass is 684 g/mol. The maximum atomic E-state index is 15.6. The molecule has 0 bridgehead atoms. The normalized spacial score (nSPS) is 15.5. The van der Waals surface area contributed by atoms with Crippen LogP contribution in [0.4, 0.5) is 9.18 Å². The topological polar surface area (TPSA) is 141 Å². The van der Waals surface area contributed by atoms with Crippen LogP contribution in [0.2, 0.25) is 25.7 Å². The Hall–Kier alpha value is -3.97. The van der Waals surface area contributed by atoms with Gasteiger partial charge in [-0.25, -0.2) is 19.0 Å². The molecule has 1 saturated carbocycles. The van der Waals surface area contributed by atoms with E-state index >= 15 is 4.39 Å². The van der Waals surface area contributed by atoms with Crippen LogP contribution in [-0.2, 0) is 32.2 Å². The number of carboxylic acids is 1. The number of nitrogens with one attached hydrogen (secondary N) is 2. The highest BCUT2D eigenvalue weighted by molar-refractivity contribution is 6.76. The molecule has 13 heteroatoms. The average Bonchev–Trinajstić information content (AvgIpc) is 3.31. The molecule has 1 aliphatic carbocycles. The minimum atomic E-state index is -1.43. The number of nitrogens with zero attached hydrogens (tertiary/aromatic N) is 2. The van der Waals surface area contributed by atoms with E-state index in [4.69, 9.17) is 14.2 Å². The third-order valence-corrected chi connectivity index (χ3v) is 9.98. The molecule has 2 amide bonds. The third-order valence-electron chi connectivity index (χ3n) is 8.28. The van der Waals surface area contributed by atoms with Crippen LogP contribution in [0.5, 0.6) is 11.5 Å². The molecule has 0 radical (unpaired) electrons. The molecule has 262 valence electrons. The molecule has 48 heavy (non-hydrogen) atoms. The van der Waals surface area contributed by atoms with Gasteiger partial charge in [-0.3, -0.25) is 4.79 Å². The molecular weight excluding hydrogens is 635 g/mol. The largest absolute Gasteiger partial charge is 0.480 e. The highest BCUT2D eigenvalue weighted by atomic mass is 28.3. The van der Waals surface area contributed by atoms with Gasteiger partial charge in [-0.15, -0.1) is 0 Å². The van der Waals surface area contributed by atoms with Gasteiger partial charge in [0.25, 0.3) is 0 Å². The molecule has 4 rings (SSSR count). The second-order valence-electron chi connectivity index (χ2n) is 14.8. The molecule has 1 aliphatic rings. The fourth-order valence-electron chi connectivity index (χ4n) is 5.74. The maximum Gasteiger partial charge on any atom is 0.408 e. The number of amides is 2. The maximum absolute atomic E-state index is 15.6. The number of pyridine rings is 1. The quantitative estimate of drug-likeness (QED) is 0.130. The summed E-state index contributed by atoms with van der Waals surface area (Å²) in [5.74, 6) is -2.08. The Labute approximate surface area is 282 Å². The molecule has 1 aromatic carbocycles. The number of aryl methyl sites for hydroxylation is 1. The van der Waals surface area contributed by atoms with E-state index in [0.717, 1.165) is 23.4 Å². The third kappa shape index (κ3) is 9.78. The molecule has 1 atom stereocenters. The molecule has 0 aliphatic heterocycles. The van der Waals surface area contributed by atoms with Crippen LogP contribution in [-0.4, -0.2) is 64.5 Å². The Morgan fingerprint density at radius 2 is 1.81 bits per heavy atom. The number of hydrogen-bond acceptors (Lipinski definition) is 7. The Bertz CT molecular complexity index is 1620. The summed E-state index contributed by atoms with van der Waals surface area (Å²) in [6, 6.07) is 5.81. The van der Waals surface area contributed by atoms with Crippen LogP contribution in [0.1, 0.15) is 64.0 Å². The van der Waals surface area contributed by atoms with Crippen molar-refractivity contribution in [2.75, 3.05) is 6.61 Å². The lowest BCUT2D eigenvalue weighted by Crippen LogP contribution is -2.60. The molecule has 1 fully saturated rings. The minimum Gasteiger partial charge on any atom is -0.480 e. The number of benzene rings is 1. The van der Waals surface area contributed by atoms with Crippen molar-refractivity contribution in [3.63, 3.8) is 0 Å². The van der Waals surface area contributed by atoms with Crippen LogP contribution >= 0.6 is 0 Å². The first-order valence-electron chi connectivity index (χ1n) is 16.5. The molecule has 3 N–H and O–H groups in total. The van der Waals surface area contributed by atoms with Crippen molar-refractivity contribution in [1.29, 1.82) is 0 Å². The van der Waals surface area contributed by atoms with Gasteiger partial charge in [-0.2, -0.15) is 0 Å². The smallest absolute Gasteiger partial charge is 0.408 e. The van der Waals surface area contributed by atoms with Crippen molar-refractivity contribution in [1.82, 2.24) is 20.2 Å². The first kappa shape index (κ1) is 36.9. The number of aromatic nitrogens is 2. The predicted octanol–water partition coefficient (Wildman–Crippen LogP) is 6.93. The van der Waals surface area contributed by atoms with E-state index in [1.165, 1.54) is 12.1 Å². The van der Waals surface area contributed by atoms with Crippen molar-refractivity contribution in [3.8, 4) is 11.5 Å². The summed E-state index contributed by atoms with van der Waals surface area (Å²) in [5, 5.41) is 16.0. The average molecular weight is 685 g/mol. The SMILES string of the molecule is Cc1cn(COCC[Si](C)(C)C)c2nccc(Oc3ccc(CC(NC(=O)OC(C)(C)C)C(=O)NC4(C(=O)O)CCCCC4)cc3F)c12. The number of fused-ring (bicyclic) bond motifs is 1. The van der Waals surface area contributed by atoms with E-state index in [-0.39, 0.29) is 25.0 Å². The van der Waals surface area contributed by atoms with Crippen LogP contribution in [0.25, 0.3) is 11.0 Å². The highest BCUT2D eigenvalue weighted by Gasteiger charge is 2.42. The molecular formula is C35H49FN4O7Si. The molecule has 2 heterocycles. The second kappa shape index (κ2) is 15.1. The standard InChI is InChI=1S/C35H49FN4O7Si/c1-23-21-40(22-45-17-18-48(5,6)7)30-29(23)28(13-16-37-30)46-27-12-11-24(19-25(27)36)20-26(38-33(44)47-34(2,3)4)31(41)39-35(32(42)43)14-9-8-10-15-35/h11-13,16,19,21,26H,8-10,14-15,17-18,20,22H2,1-7H3,(H,38,44)(H,39,41)(H,42,43). The van der Waals surface area contributed by atoms with Gasteiger partial charge in [-0.1, -0.05) is 45.0 Å². The lowest BCUT2D eigenvalue weighted by molar-refractivity contribution is -0.149. The first-order valence-corrected chi connectivity index (χ1v) is 20.2. The summed E-state index contributed by atoms with van der Waals surface area (Å²) < 4.78 is 34.8. The Morgan fingerprint density at radius 3 is 2.44 bits per heavy atom. The van der Waals surface area contributed by atoms with E-state index in [1.54, 1.807) is 39.1 Å². The molecule has 1 unspecified atom stereocenters. The van der Waals surface area contributed by atoms with Crippen molar-refractivity contribution >= 4 is 37.1 Å². The van der Waals surface area contributed by atoms with Gasteiger partial charge in [0, 0.05) is 33.5 Å². The van der Waals surface area contributed by atoms with Crippen LogP contribution in [0.15, 0.2) is 36.7 Å². The number of alkyl carbamates (subject to hydrolysis) is 1. The van der Waals surface area contributed by atoms with E-state index in [2.05, 4.69) is 35.3 Å². The van der Waals surface area contributed by atoms with Gasteiger partial charge < -0.3 is 34.5 Å². The summed E-state index contributed by atoms with van der Waals surface area (Å²) in [5.41, 5.74) is -0.312. The number of carboxylic acid groups (broad SMARTS) is 1. The molecule has 11 nitrogen and oxygen atoms in total. The van der Waals surface area contributed by atoms with Crippen LogP contribution in [0, 0.1) is 12.7 Å². The van der Waals surface area contributed by atoms with Gasteiger partial charge in [0.1, 0.15) is 35.3 Å². The number of halogens is 1. The van der Waals surface area contributed by atoms with E-state index < -0.39 is 49.0 Å².